The number of aromatic nitrogens is 1. The van der Waals surface area contributed by atoms with Crippen LogP contribution < -0.4 is 5.73 Å². The first-order valence-corrected chi connectivity index (χ1v) is 6.89. The van der Waals surface area contributed by atoms with Gasteiger partial charge in [-0.2, -0.15) is 0 Å². The van der Waals surface area contributed by atoms with E-state index < -0.39 is 0 Å². The number of para-hydroxylation sites is 1. The monoisotopic (exact) mass is 285 g/mol. The maximum atomic E-state index is 12.6. The summed E-state index contributed by atoms with van der Waals surface area (Å²) in [6, 6.07) is 8.99. The first-order valence-electron chi connectivity index (χ1n) is 6.89. The van der Waals surface area contributed by atoms with E-state index in [1.165, 1.54) is 18.5 Å². The molecule has 0 fully saturated rings. The molecule has 21 heavy (non-hydrogen) atoms. The summed E-state index contributed by atoms with van der Waals surface area (Å²) in [6.45, 7) is 3.01. The number of hydrogen-bond acceptors (Lipinski definition) is 4. The van der Waals surface area contributed by atoms with Crippen molar-refractivity contribution in [3.8, 4) is 5.75 Å². The quantitative estimate of drug-likeness (QED) is 0.827. The normalized spacial score (nSPS) is 10.3. The Morgan fingerprint density at radius 2 is 2.10 bits per heavy atom. The van der Waals surface area contributed by atoms with Gasteiger partial charge in [0.15, 0.2) is 0 Å². The van der Waals surface area contributed by atoms with Gasteiger partial charge in [-0.05, 0) is 24.1 Å². The van der Waals surface area contributed by atoms with Crippen LogP contribution in [0.15, 0.2) is 42.7 Å². The standard InChI is InChI=1S/C16H19N3O2/c1-2-9-19(11-12-5-3-4-6-14(12)17)16(21)13-7-8-18-10-15(13)20/h3-8,10,20H,2,9,11,17H2,1H3. The fourth-order valence-corrected chi connectivity index (χ4v) is 2.14. The van der Waals surface area contributed by atoms with Gasteiger partial charge < -0.3 is 15.7 Å². The third kappa shape index (κ3) is 3.51. The Morgan fingerprint density at radius 3 is 2.76 bits per heavy atom. The van der Waals surface area contributed by atoms with Crippen LogP contribution in [0.2, 0.25) is 0 Å². The van der Waals surface area contributed by atoms with Crippen LogP contribution in [-0.2, 0) is 6.54 Å². The minimum atomic E-state index is -0.222. The van der Waals surface area contributed by atoms with Gasteiger partial charge in [0.05, 0.1) is 11.8 Å². The molecule has 5 nitrogen and oxygen atoms in total. The second-order valence-corrected chi connectivity index (χ2v) is 4.82. The second-order valence-electron chi connectivity index (χ2n) is 4.82. The van der Waals surface area contributed by atoms with Gasteiger partial charge in [-0.25, -0.2) is 0 Å². The molecular weight excluding hydrogens is 266 g/mol. The van der Waals surface area contributed by atoms with Gasteiger partial charge in [0.2, 0.25) is 0 Å². The van der Waals surface area contributed by atoms with Gasteiger partial charge >= 0.3 is 0 Å². The van der Waals surface area contributed by atoms with Crippen LogP contribution in [-0.4, -0.2) is 27.4 Å². The van der Waals surface area contributed by atoms with Crippen LogP contribution in [0.5, 0.6) is 5.75 Å². The summed E-state index contributed by atoms with van der Waals surface area (Å²) in [5, 5.41) is 9.78. The fourth-order valence-electron chi connectivity index (χ4n) is 2.14. The van der Waals surface area contributed by atoms with Crippen molar-refractivity contribution in [1.82, 2.24) is 9.88 Å². The number of carbonyl (C=O) groups excluding carboxylic acids is 1. The summed E-state index contributed by atoms with van der Waals surface area (Å²) >= 11 is 0. The Bertz CT molecular complexity index is 628. The van der Waals surface area contributed by atoms with Gasteiger partial charge in [0.25, 0.3) is 5.91 Å². The molecule has 3 N–H and O–H groups in total. The molecule has 2 rings (SSSR count). The van der Waals surface area contributed by atoms with Gasteiger partial charge in [0.1, 0.15) is 5.75 Å². The summed E-state index contributed by atoms with van der Waals surface area (Å²) in [5.74, 6) is -0.329. The molecule has 0 atom stereocenters. The molecule has 0 aliphatic carbocycles. The van der Waals surface area contributed by atoms with E-state index in [0.717, 1.165) is 12.0 Å². The molecular formula is C16H19N3O2. The molecule has 1 aromatic carbocycles. The topological polar surface area (TPSA) is 79.5 Å². The smallest absolute Gasteiger partial charge is 0.258 e. The average molecular weight is 285 g/mol. The van der Waals surface area contributed by atoms with E-state index in [4.69, 9.17) is 5.73 Å². The number of nitrogens with two attached hydrogens (primary N) is 1. The van der Waals surface area contributed by atoms with Crippen LogP contribution in [0, 0.1) is 0 Å². The summed E-state index contributed by atoms with van der Waals surface area (Å²) in [5.41, 5.74) is 7.75. The molecule has 1 amide bonds. The highest BCUT2D eigenvalue weighted by atomic mass is 16.3. The fraction of sp³-hybridized carbons (Fsp3) is 0.250. The lowest BCUT2D eigenvalue weighted by Gasteiger charge is -2.23. The molecule has 0 aliphatic heterocycles. The number of nitrogens with zero attached hydrogens (tertiary/aromatic N) is 2. The summed E-state index contributed by atoms with van der Waals surface area (Å²) in [6.07, 6.45) is 3.59. The van der Waals surface area contributed by atoms with Crippen LogP contribution in [0.3, 0.4) is 0 Å². The Hall–Kier alpha value is -2.56. The van der Waals surface area contributed by atoms with Crippen molar-refractivity contribution < 1.29 is 9.90 Å². The van der Waals surface area contributed by atoms with E-state index in [9.17, 15) is 9.90 Å². The second kappa shape index (κ2) is 6.74. The van der Waals surface area contributed by atoms with E-state index in [1.54, 1.807) is 4.90 Å². The van der Waals surface area contributed by atoms with Crippen molar-refractivity contribution in [2.24, 2.45) is 0 Å². The average Bonchev–Trinajstić information content (AvgIpc) is 2.49. The minimum Gasteiger partial charge on any atom is -0.505 e. The minimum absolute atomic E-state index is 0.107. The maximum absolute atomic E-state index is 12.6. The summed E-state index contributed by atoms with van der Waals surface area (Å²) in [4.78, 5) is 18.0. The maximum Gasteiger partial charge on any atom is 0.258 e. The lowest BCUT2D eigenvalue weighted by Crippen LogP contribution is -2.31. The Morgan fingerprint density at radius 1 is 1.33 bits per heavy atom. The SMILES string of the molecule is CCCN(Cc1ccccc1N)C(=O)c1ccncc1O. The summed E-state index contributed by atoms with van der Waals surface area (Å²) in [7, 11) is 0. The number of carbonyl (C=O) groups is 1. The van der Waals surface area contributed by atoms with E-state index >= 15 is 0 Å². The van der Waals surface area contributed by atoms with Crippen LogP contribution >= 0.6 is 0 Å². The molecule has 1 heterocycles. The first-order chi connectivity index (χ1) is 10.1. The molecule has 5 heteroatoms. The number of nitrogen functional groups attached to an aromatic ring is 1. The number of amides is 1. The molecule has 2 aromatic rings. The number of benzene rings is 1. The lowest BCUT2D eigenvalue weighted by atomic mass is 10.1. The van der Waals surface area contributed by atoms with Gasteiger partial charge in [-0.15, -0.1) is 0 Å². The zero-order valence-electron chi connectivity index (χ0n) is 12.0. The third-order valence-electron chi connectivity index (χ3n) is 3.23. The Balaban J connectivity index is 2.25. The van der Waals surface area contributed by atoms with Crippen LogP contribution in [0.25, 0.3) is 0 Å². The van der Waals surface area contributed by atoms with E-state index in [2.05, 4.69) is 4.98 Å². The molecule has 1 aromatic heterocycles. The highest BCUT2D eigenvalue weighted by molar-refractivity contribution is 5.96. The Labute approximate surface area is 124 Å². The molecule has 0 spiro atoms. The largest absolute Gasteiger partial charge is 0.505 e. The van der Waals surface area contributed by atoms with E-state index in [0.29, 0.717) is 18.8 Å². The van der Waals surface area contributed by atoms with Crippen LogP contribution in [0.1, 0.15) is 29.3 Å². The zero-order valence-corrected chi connectivity index (χ0v) is 12.0. The van der Waals surface area contributed by atoms with Crippen molar-refractivity contribution in [3.63, 3.8) is 0 Å². The van der Waals surface area contributed by atoms with Crippen LogP contribution in [0.4, 0.5) is 5.69 Å². The van der Waals surface area contributed by atoms with Crippen molar-refractivity contribution in [2.45, 2.75) is 19.9 Å². The van der Waals surface area contributed by atoms with E-state index in [-0.39, 0.29) is 17.2 Å². The van der Waals surface area contributed by atoms with E-state index in [1.807, 2.05) is 31.2 Å². The lowest BCUT2D eigenvalue weighted by molar-refractivity contribution is 0.0740. The highest BCUT2D eigenvalue weighted by Crippen LogP contribution is 2.20. The summed E-state index contributed by atoms with van der Waals surface area (Å²) < 4.78 is 0. The molecule has 0 saturated heterocycles. The van der Waals surface area contributed by atoms with Crippen molar-refractivity contribution >= 4 is 11.6 Å². The number of hydrogen-bond donors (Lipinski definition) is 2. The zero-order chi connectivity index (χ0) is 15.2. The number of anilines is 1. The molecule has 0 saturated carbocycles. The van der Waals surface area contributed by atoms with Crippen molar-refractivity contribution in [1.29, 1.82) is 0 Å². The number of rotatable bonds is 5. The molecule has 0 aliphatic rings. The van der Waals surface area contributed by atoms with Gasteiger partial charge in [-0.3, -0.25) is 9.78 Å². The molecule has 110 valence electrons. The highest BCUT2D eigenvalue weighted by Gasteiger charge is 2.19. The predicted octanol–water partition coefficient (Wildman–Crippen LogP) is 2.42. The third-order valence-corrected chi connectivity index (χ3v) is 3.23. The molecule has 0 bridgehead atoms. The van der Waals surface area contributed by atoms with Crippen molar-refractivity contribution in [2.75, 3.05) is 12.3 Å². The Kier molecular flexibility index (Phi) is 4.77. The van der Waals surface area contributed by atoms with Crippen molar-refractivity contribution in [3.05, 3.63) is 53.9 Å². The predicted molar refractivity (Wildman–Crippen MR) is 81.8 cm³/mol. The molecule has 0 unspecified atom stereocenters. The number of pyridine rings is 1. The molecule has 0 radical (unpaired) electrons. The number of aromatic hydroxyl groups is 1. The first kappa shape index (κ1) is 14.8. The van der Waals surface area contributed by atoms with Gasteiger partial charge in [0, 0.05) is 25.0 Å². The van der Waals surface area contributed by atoms with Gasteiger partial charge in [-0.1, -0.05) is 25.1 Å².